The van der Waals surface area contributed by atoms with E-state index >= 15 is 0 Å². The van der Waals surface area contributed by atoms with Gasteiger partial charge >= 0.3 is 0 Å². The van der Waals surface area contributed by atoms with Gasteiger partial charge in [-0.1, -0.05) is 13.0 Å². The van der Waals surface area contributed by atoms with E-state index in [1.165, 1.54) is 5.56 Å². The zero-order valence-electron chi connectivity index (χ0n) is 14.7. The van der Waals surface area contributed by atoms with E-state index < -0.39 is 0 Å². The van der Waals surface area contributed by atoms with Gasteiger partial charge in [-0.25, -0.2) is 9.97 Å². The average molecular weight is 337 g/mol. The summed E-state index contributed by atoms with van der Waals surface area (Å²) in [5.74, 6) is 3.30. The van der Waals surface area contributed by atoms with E-state index in [4.69, 9.17) is 0 Å². The summed E-state index contributed by atoms with van der Waals surface area (Å²) in [7, 11) is 0. The first-order valence-corrected chi connectivity index (χ1v) is 8.84. The molecule has 0 spiro atoms. The van der Waals surface area contributed by atoms with E-state index in [0.29, 0.717) is 11.7 Å². The molecule has 130 valence electrons. The Hall–Kier alpha value is -2.70. The number of anilines is 2. The Labute approximate surface area is 147 Å². The van der Waals surface area contributed by atoms with E-state index in [1.807, 2.05) is 16.8 Å². The molecule has 1 aliphatic rings. The zero-order valence-corrected chi connectivity index (χ0v) is 14.7. The highest BCUT2D eigenvalue weighted by Gasteiger charge is 2.25. The number of rotatable bonds is 5. The minimum atomic E-state index is 0.583. The van der Waals surface area contributed by atoms with Crippen molar-refractivity contribution in [2.24, 2.45) is 5.92 Å². The molecule has 1 aliphatic heterocycles. The number of aromatic nitrogens is 5. The van der Waals surface area contributed by atoms with Crippen LogP contribution in [0.4, 0.5) is 11.6 Å². The molecule has 0 radical (unpaired) electrons. The van der Waals surface area contributed by atoms with E-state index in [9.17, 15) is 0 Å². The van der Waals surface area contributed by atoms with Crippen molar-refractivity contribution in [1.82, 2.24) is 24.6 Å². The molecule has 0 amide bonds. The van der Waals surface area contributed by atoms with Gasteiger partial charge in [0.2, 0.25) is 0 Å². The highest BCUT2D eigenvalue weighted by atomic mass is 15.4. The molecule has 1 fully saturated rings. The Bertz CT molecular complexity index is 855. The molecule has 0 aliphatic carbocycles. The monoisotopic (exact) mass is 337 g/mol. The molecule has 0 unspecified atom stereocenters. The molecule has 1 atom stereocenters. The molecule has 1 saturated heterocycles. The van der Waals surface area contributed by atoms with Gasteiger partial charge < -0.3 is 10.2 Å². The molecule has 4 heterocycles. The normalized spacial score (nSPS) is 17.4. The van der Waals surface area contributed by atoms with Crippen LogP contribution in [0.2, 0.25) is 0 Å². The van der Waals surface area contributed by atoms with Gasteiger partial charge in [-0.15, -0.1) is 0 Å². The highest BCUT2D eigenvalue weighted by molar-refractivity contribution is 5.48. The van der Waals surface area contributed by atoms with Crippen molar-refractivity contribution >= 4 is 17.4 Å². The lowest BCUT2D eigenvalue weighted by atomic mass is 10.1. The first kappa shape index (κ1) is 15.8. The van der Waals surface area contributed by atoms with Crippen LogP contribution in [0.15, 0.2) is 30.7 Å². The fourth-order valence-corrected chi connectivity index (χ4v) is 3.28. The third-order valence-corrected chi connectivity index (χ3v) is 4.74. The second kappa shape index (κ2) is 6.66. The van der Waals surface area contributed by atoms with Gasteiger partial charge in [0.15, 0.2) is 0 Å². The van der Waals surface area contributed by atoms with E-state index in [2.05, 4.69) is 56.2 Å². The highest BCUT2D eigenvalue weighted by Crippen LogP contribution is 2.25. The quantitative estimate of drug-likeness (QED) is 0.770. The van der Waals surface area contributed by atoms with Gasteiger partial charge in [-0.3, -0.25) is 0 Å². The van der Waals surface area contributed by atoms with Gasteiger partial charge in [0.1, 0.15) is 18.0 Å². The van der Waals surface area contributed by atoms with Crippen LogP contribution in [0.1, 0.15) is 24.6 Å². The molecule has 0 bridgehead atoms. The Balaban J connectivity index is 1.45. The average Bonchev–Trinajstić information content (AvgIpc) is 3.29. The Morgan fingerprint density at radius 1 is 1.28 bits per heavy atom. The van der Waals surface area contributed by atoms with Crippen LogP contribution < -0.4 is 10.2 Å². The smallest absolute Gasteiger partial charge is 0.254 e. The summed E-state index contributed by atoms with van der Waals surface area (Å²) in [5.41, 5.74) is 2.24. The van der Waals surface area contributed by atoms with Crippen LogP contribution in [-0.4, -0.2) is 44.2 Å². The maximum atomic E-state index is 4.53. The summed E-state index contributed by atoms with van der Waals surface area (Å²) in [4.78, 5) is 15.6. The fourth-order valence-electron chi connectivity index (χ4n) is 3.28. The third-order valence-electron chi connectivity index (χ3n) is 4.74. The molecular formula is C18H23N7. The van der Waals surface area contributed by atoms with E-state index in [1.54, 1.807) is 6.33 Å². The van der Waals surface area contributed by atoms with Gasteiger partial charge in [0, 0.05) is 37.6 Å². The number of nitrogens with zero attached hydrogens (tertiary/aromatic N) is 6. The van der Waals surface area contributed by atoms with Crippen LogP contribution in [0, 0.1) is 12.8 Å². The molecule has 3 aromatic heterocycles. The van der Waals surface area contributed by atoms with Crippen molar-refractivity contribution in [2.75, 3.05) is 29.9 Å². The third kappa shape index (κ3) is 3.26. The first-order chi connectivity index (χ1) is 12.2. The predicted molar refractivity (Wildman–Crippen MR) is 97.9 cm³/mol. The van der Waals surface area contributed by atoms with Gasteiger partial charge in [0.05, 0.1) is 0 Å². The number of nitrogens with one attached hydrogen (secondary N) is 1. The molecule has 0 aromatic carbocycles. The van der Waals surface area contributed by atoms with Crippen LogP contribution in [-0.2, 0) is 6.42 Å². The molecule has 3 aromatic rings. The standard InChI is InChI=1S/C18H23N7/c1-3-15-8-17(25-18(23-15)21-12-22-25)24-7-6-14(11-24)10-20-16-5-4-13(2)9-19-16/h4-5,8-9,12,14H,3,6-7,10-11H2,1-2H3,(H,19,20)/t14-/m0/s1. The number of pyridine rings is 1. The summed E-state index contributed by atoms with van der Waals surface area (Å²) < 4.78 is 1.84. The summed E-state index contributed by atoms with van der Waals surface area (Å²) in [6, 6.07) is 6.26. The van der Waals surface area contributed by atoms with Crippen molar-refractivity contribution in [3.8, 4) is 0 Å². The largest absolute Gasteiger partial charge is 0.370 e. The van der Waals surface area contributed by atoms with Crippen molar-refractivity contribution in [3.05, 3.63) is 42.0 Å². The van der Waals surface area contributed by atoms with Crippen molar-refractivity contribution in [3.63, 3.8) is 0 Å². The number of hydrogen-bond donors (Lipinski definition) is 1. The number of aryl methyl sites for hydroxylation is 2. The van der Waals surface area contributed by atoms with Gasteiger partial charge in [0.25, 0.3) is 5.78 Å². The topological polar surface area (TPSA) is 71.2 Å². The van der Waals surface area contributed by atoms with Crippen molar-refractivity contribution < 1.29 is 0 Å². The molecule has 1 N–H and O–H groups in total. The molecule has 7 nitrogen and oxygen atoms in total. The second-order valence-corrected chi connectivity index (χ2v) is 6.63. The molecule has 4 rings (SSSR count). The lowest BCUT2D eigenvalue weighted by molar-refractivity contribution is 0.620. The molecule has 0 saturated carbocycles. The van der Waals surface area contributed by atoms with E-state index in [0.717, 1.165) is 49.8 Å². The SMILES string of the molecule is CCc1cc(N2CC[C@@H](CNc3ccc(C)cn3)C2)n2ncnc2n1. The Morgan fingerprint density at radius 3 is 3.00 bits per heavy atom. The number of hydrogen-bond acceptors (Lipinski definition) is 6. The van der Waals surface area contributed by atoms with Crippen LogP contribution >= 0.6 is 0 Å². The summed E-state index contributed by atoms with van der Waals surface area (Å²) in [6.45, 7) is 7.12. The van der Waals surface area contributed by atoms with Crippen LogP contribution in [0.25, 0.3) is 5.78 Å². The molecule has 25 heavy (non-hydrogen) atoms. The minimum absolute atomic E-state index is 0.583. The molecular weight excluding hydrogens is 314 g/mol. The fraction of sp³-hybridized carbons (Fsp3) is 0.444. The van der Waals surface area contributed by atoms with Crippen LogP contribution in [0.5, 0.6) is 0 Å². The van der Waals surface area contributed by atoms with Crippen molar-refractivity contribution in [2.45, 2.75) is 26.7 Å². The predicted octanol–water partition coefficient (Wildman–Crippen LogP) is 2.33. The first-order valence-electron chi connectivity index (χ1n) is 8.84. The van der Waals surface area contributed by atoms with Gasteiger partial charge in [-0.05, 0) is 37.3 Å². The van der Waals surface area contributed by atoms with Crippen molar-refractivity contribution in [1.29, 1.82) is 0 Å². The van der Waals surface area contributed by atoms with Crippen LogP contribution in [0.3, 0.4) is 0 Å². The Morgan fingerprint density at radius 2 is 2.20 bits per heavy atom. The number of fused-ring (bicyclic) bond motifs is 1. The summed E-state index contributed by atoms with van der Waals surface area (Å²) in [5, 5.41) is 7.80. The zero-order chi connectivity index (χ0) is 17.2. The maximum Gasteiger partial charge on any atom is 0.254 e. The minimum Gasteiger partial charge on any atom is -0.370 e. The lowest BCUT2D eigenvalue weighted by Crippen LogP contribution is -2.25. The summed E-state index contributed by atoms with van der Waals surface area (Å²) >= 11 is 0. The Kier molecular flexibility index (Phi) is 4.21. The summed E-state index contributed by atoms with van der Waals surface area (Å²) in [6.07, 6.45) is 5.52. The molecule has 7 heteroatoms. The lowest BCUT2D eigenvalue weighted by Gasteiger charge is -2.20. The van der Waals surface area contributed by atoms with Gasteiger partial charge in [-0.2, -0.15) is 14.6 Å². The second-order valence-electron chi connectivity index (χ2n) is 6.63. The van der Waals surface area contributed by atoms with E-state index in [-0.39, 0.29) is 0 Å². The maximum absolute atomic E-state index is 4.53.